The molecule has 2 nitrogen and oxygen atoms in total. The highest BCUT2D eigenvalue weighted by molar-refractivity contribution is 5.46. The van der Waals surface area contributed by atoms with Crippen LogP contribution >= 0.6 is 0 Å². The molecule has 0 radical (unpaired) electrons. The van der Waals surface area contributed by atoms with E-state index in [1.165, 1.54) is 74.6 Å². The number of hydrogen-bond donors (Lipinski definition) is 0. The Kier molecular flexibility index (Phi) is 5.92. The fraction of sp³-hybridized carbons (Fsp3) is 0.680. The molecule has 0 N–H and O–H groups in total. The van der Waals surface area contributed by atoms with E-state index in [-0.39, 0.29) is 0 Å². The number of hydroxylamine groups is 1. The summed E-state index contributed by atoms with van der Waals surface area (Å²) >= 11 is 0. The average Bonchev–Trinajstić information content (AvgIpc) is 2.69. The lowest BCUT2D eigenvalue weighted by molar-refractivity contribution is -0.0688. The Hall–Kier alpha value is -1.28. The number of benzene rings is 1. The number of aryl methyl sites for hydroxylation is 1. The van der Waals surface area contributed by atoms with Crippen LogP contribution in [0.5, 0.6) is 0 Å². The Morgan fingerprint density at radius 1 is 1.07 bits per heavy atom. The molecule has 5 rings (SSSR count). The minimum absolute atomic E-state index is 0.435. The largest absolute Gasteiger partial charge is 0.270 e. The molecule has 0 spiro atoms. The van der Waals surface area contributed by atoms with E-state index < -0.39 is 0 Å². The van der Waals surface area contributed by atoms with Gasteiger partial charge in [0.2, 0.25) is 0 Å². The van der Waals surface area contributed by atoms with Crippen LogP contribution in [0.3, 0.4) is 0 Å². The van der Waals surface area contributed by atoms with Crippen LogP contribution in [0, 0.1) is 30.6 Å². The summed E-state index contributed by atoms with van der Waals surface area (Å²) in [6.45, 7) is 9.61. The maximum atomic E-state index is 6.76. The lowest BCUT2D eigenvalue weighted by Gasteiger charge is -2.44. The number of anilines is 1. The zero-order valence-corrected chi connectivity index (χ0v) is 17.3. The Balaban J connectivity index is 1.44. The lowest BCUT2D eigenvalue weighted by Crippen LogP contribution is -2.43. The van der Waals surface area contributed by atoms with Crippen molar-refractivity contribution in [3.63, 3.8) is 0 Å². The molecule has 1 aromatic rings. The van der Waals surface area contributed by atoms with Gasteiger partial charge in [0.25, 0.3) is 0 Å². The minimum Gasteiger partial charge on any atom is -0.270 e. The third-order valence-electron chi connectivity index (χ3n) is 7.50. The summed E-state index contributed by atoms with van der Waals surface area (Å²) < 4.78 is 0. The molecule has 1 unspecified atom stereocenters. The number of hydrogen-bond acceptors (Lipinski definition) is 2. The first kappa shape index (κ1) is 19.1. The molecule has 4 fully saturated rings. The molecule has 0 heterocycles. The van der Waals surface area contributed by atoms with Gasteiger partial charge in [-0.3, -0.25) is 9.90 Å². The van der Waals surface area contributed by atoms with Gasteiger partial charge in [0.15, 0.2) is 0 Å². The van der Waals surface area contributed by atoms with Crippen LogP contribution in [0.15, 0.2) is 36.4 Å². The van der Waals surface area contributed by atoms with Gasteiger partial charge in [-0.25, -0.2) is 0 Å². The van der Waals surface area contributed by atoms with E-state index in [9.17, 15) is 0 Å². The molecule has 148 valence electrons. The second kappa shape index (κ2) is 8.39. The topological polar surface area (TPSA) is 12.5 Å². The van der Waals surface area contributed by atoms with Crippen LogP contribution in [0.1, 0.15) is 70.3 Å². The van der Waals surface area contributed by atoms with Gasteiger partial charge in [-0.05, 0) is 113 Å². The van der Waals surface area contributed by atoms with Crippen molar-refractivity contribution in [3.8, 4) is 0 Å². The van der Waals surface area contributed by atoms with Crippen molar-refractivity contribution >= 4 is 5.69 Å². The van der Waals surface area contributed by atoms with Crippen molar-refractivity contribution in [1.82, 2.24) is 0 Å². The summed E-state index contributed by atoms with van der Waals surface area (Å²) in [5, 5.41) is 2.28. The van der Waals surface area contributed by atoms with Gasteiger partial charge >= 0.3 is 0 Å². The Labute approximate surface area is 165 Å². The van der Waals surface area contributed by atoms with Gasteiger partial charge in [0, 0.05) is 6.54 Å². The van der Waals surface area contributed by atoms with Crippen LogP contribution < -0.4 is 5.06 Å². The fourth-order valence-electron chi connectivity index (χ4n) is 5.67. The van der Waals surface area contributed by atoms with E-state index in [2.05, 4.69) is 49.8 Å². The number of allylic oxidation sites excluding steroid dienone is 1. The van der Waals surface area contributed by atoms with Crippen LogP contribution in [0.4, 0.5) is 5.69 Å². The van der Waals surface area contributed by atoms with Crippen molar-refractivity contribution < 1.29 is 4.84 Å². The number of nitrogens with zero attached hydrogens (tertiary/aromatic N) is 1. The second-order valence-corrected chi connectivity index (χ2v) is 9.62. The van der Waals surface area contributed by atoms with Gasteiger partial charge in [0.05, 0.1) is 11.8 Å². The SMILES string of the molecule is C=C(C)C1CCC(CN(OC2CC3CCC2CC3)c2cccc(C)c2)CC1. The first-order valence-corrected chi connectivity index (χ1v) is 11.2. The van der Waals surface area contributed by atoms with Gasteiger partial charge in [-0.1, -0.05) is 24.3 Å². The summed E-state index contributed by atoms with van der Waals surface area (Å²) in [5.41, 5.74) is 3.94. The Morgan fingerprint density at radius 3 is 2.41 bits per heavy atom. The van der Waals surface area contributed by atoms with E-state index in [0.29, 0.717) is 6.10 Å². The van der Waals surface area contributed by atoms with E-state index in [1.807, 2.05) is 0 Å². The maximum Gasteiger partial charge on any atom is 0.0887 e. The van der Waals surface area contributed by atoms with E-state index in [1.54, 1.807) is 0 Å². The normalized spacial score (nSPS) is 33.0. The van der Waals surface area contributed by atoms with E-state index in [4.69, 9.17) is 4.84 Å². The highest BCUT2D eigenvalue weighted by Gasteiger charge is 2.38. The fourth-order valence-corrected chi connectivity index (χ4v) is 5.67. The summed E-state index contributed by atoms with van der Waals surface area (Å²) in [5.74, 6) is 3.16. The van der Waals surface area contributed by atoms with Gasteiger partial charge in [-0.15, -0.1) is 0 Å². The molecule has 1 aromatic carbocycles. The number of rotatable bonds is 6. The predicted molar refractivity (Wildman–Crippen MR) is 114 cm³/mol. The quantitative estimate of drug-likeness (QED) is 0.410. The summed E-state index contributed by atoms with van der Waals surface area (Å²) in [6.07, 6.45) is 12.5. The second-order valence-electron chi connectivity index (χ2n) is 9.62. The molecule has 4 aliphatic rings. The summed E-state index contributed by atoms with van der Waals surface area (Å²) in [6, 6.07) is 8.88. The molecular weight excluding hydrogens is 330 g/mol. The molecular formula is C25H37NO. The molecule has 4 saturated carbocycles. The third-order valence-corrected chi connectivity index (χ3v) is 7.50. The Morgan fingerprint density at radius 2 is 1.81 bits per heavy atom. The van der Waals surface area contributed by atoms with Crippen molar-refractivity contribution in [2.24, 2.45) is 23.7 Å². The van der Waals surface area contributed by atoms with Crippen LogP contribution in [0.2, 0.25) is 0 Å². The van der Waals surface area contributed by atoms with E-state index >= 15 is 0 Å². The lowest BCUT2D eigenvalue weighted by atomic mass is 9.69. The van der Waals surface area contributed by atoms with E-state index in [0.717, 1.165) is 30.2 Å². The molecule has 0 saturated heterocycles. The third kappa shape index (κ3) is 4.59. The Bertz CT molecular complexity index is 637. The van der Waals surface area contributed by atoms with Gasteiger partial charge in [0.1, 0.15) is 0 Å². The van der Waals surface area contributed by atoms with Crippen LogP contribution in [-0.2, 0) is 4.84 Å². The predicted octanol–water partition coefficient (Wildman–Crippen LogP) is 6.69. The highest BCUT2D eigenvalue weighted by atomic mass is 16.7. The molecule has 2 bridgehead atoms. The van der Waals surface area contributed by atoms with Crippen LogP contribution in [0.25, 0.3) is 0 Å². The maximum absolute atomic E-state index is 6.76. The molecule has 0 amide bonds. The standard InChI is InChI=1S/C25H37NO/c1-18(2)22-11-9-21(10-12-22)17-26(24-6-4-5-19(3)15-24)27-25-16-20-7-13-23(25)14-8-20/h4-6,15,20-23,25H,1,7-14,16-17H2,2-3H3. The molecule has 1 atom stereocenters. The smallest absolute Gasteiger partial charge is 0.0887 e. The van der Waals surface area contributed by atoms with Crippen molar-refractivity contribution in [2.75, 3.05) is 11.6 Å². The molecule has 27 heavy (non-hydrogen) atoms. The monoisotopic (exact) mass is 367 g/mol. The van der Waals surface area contributed by atoms with Crippen molar-refractivity contribution in [1.29, 1.82) is 0 Å². The van der Waals surface area contributed by atoms with Crippen LogP contribution in [-0.4, -0.2) is 12.6 Å². The molecule has 0 aliphatic heterocycles. The van der Waals surface area contributed by atoms with Crippen molar-refractivity contribution in [3.05, 3.63) is 42.0 Å². The van der Waals surface area contributed by atoms with Crippen molar-refractivity contribution in [2.45, 2.75) is 77.7 Å². The summed E-state index contributed by atoms with van der Waals surface area (Å²) in [4.78, 5) is 6.76. The van der Waals surface area contributed by atoms with Gasteiger partial charge < -0.3 is 0 Å². The number of fused-ring (bicyclic) bond motifs is 3. The zero-order chi connectivity index (χ0) is 18.8. The summed E-state index contributed by atoms with van der Waals surface area (Å²) in [7, 11) is 0. The average molecular weight is 368 g/mol. The zero-order valence-electron chi connectivity index (χ0n) is 17.3. The molecule has 2 heteroatoms. The first-order valence-electron chi connectivity index (χ1n) is 11.2. The first-order chi connectivity index (χ1) is 13.1. The molecule has 0 aromatic heterocycles. The molecule has 4 aliphatic carbocycles. The van der Waals surface area contributed by atoms with Gasteiger partial charge in [-0.2, -0.15) is 0 Å². The minimum atomic E-state index is 0.435. The highest BCUT2D eigenvalue weighted by Crippen LogP contribution is 2.43.